The quantitative estimate of drug-likeness (QED) is 0.586. The number of hydrogen-bond donors (Lipinski definition) is 1. The van der Waals surface area contributed by atoms with Crippen LogP contribution in [0.15, 0.2) is 42.5 Å². The minimum Gasteiger partial charge on any atom is -0.372 e. The number of nitrogens with one attached hydrogen (secondary N) is 1. The predicted molar refractivity (Wildman–Crippen MR) is 98.1 cm³/mol. The van der Waals surface area contributed by atoms with Gasteiger partial charge in [-0.2, -0.15) is 0 Å². The van der Waals surface area contributed by atoms with Gasteiger partial charge in [-0.25, -0.2) is 9.97 Å². The molecule has 0 aliphatic heterocycles. The fourth-order valence-electron chi connectivity index (χ4n) is 1.94. The van der Waals surface area contributed by atoms with Crippen LogP contribution in [0.2, 0.25) is 4.34 Å². The lowest BCUT2D eigenvalue weighted by molar-refractivity contribution is 1.16. The molecule has 0 radical (unpaired) electrons. The van der Waals surface area contributed by atoms with E-state index in [2.05, 4.69) is 45.0 Å². The normalized spacial score (nSPS) is 10.6. The number of hydrogen-bond acceptors (Lipinski definition) is 4. The Morgan fingerprint density at radius 2 is 1.86 bits per heavy atom. The maximum absolute atomic E-state index is 6.02. The molecular weight excluding hydrogens is 417 g/mol. The summed E-state index contributed by atoms with van der Waals surface area (Å²) < 4.78 is 1.74. The first-order valence-corrected chi connectivity index (χ1v) is 8.53. The predicted octanol–water partition coefficient (Wildman–Crippen LogP) is 5.17. The van der Waals surface area contributed by atoms with Crippen molar-refractivity contribution in [1.82, 2.24) is 9.97 Å². The lowest BCUT2D eigenvalue weighted by Gasteiger charge is -2.10. The van der Waals surface area contributed by atoms with Crippen molar-refractivity contribution >= 4 is 51.3 Å². The van der Waals surface area contributed by atoms with Crippen LogP contribution in [0.4, 0.5) is 5.82 Å². The third-order valence-electron chi connectivity index (χ3n) is 2.93. The topological polar surface area (TPSA) is 37.8 Å². The highest BCUT2D eigenvalue weighted by Crippen LogP contribution is 2.34. The Labute approximate surface area is 145 Å². The van der Waals surface area contributed by atoms with E-state index in [0.717, 1.165) is 29.9 Å². The number of nitrogens with zero attached hydrogens (tertiary/aromatic N) is 2. The standard InChI is InChI=1S/C15H11ClIN3S/c1-18-15-12(17)13(9-5-3-2-4-6-9)19-14(20-15)10-7-8-11(16)21-10/h2-8H,1H3,(H,18,19,20). The van der Waals surface area contributed by atoms with Gasteiger partial charge in [-0.05, 0) is 34.7 Å². The number of anilines is 1. The Bertz CT molecular complexity index is 774. The van der Waals surface area contributed by atoms with Crippen molar-refractivity contribution in [2.24, 2.45) is 0 Å². The third kappa shape index (κ3) is 3.04. The molecule has 106 valence electrons. The summed E-state index contributed by atoms with van der Waals surface area (Å²) in [5.41, 5.74) is 2.00. The fourth-order valence-corrected chi connectivity index (χ4v) is 3.74. The maximum atomic E-state index is 6.02. The lowest BCUT2D eigenvalue weighted by Crippen LogP contribution is -2.02. The Kier molecular flexibility index (Phi) is 4.42. The molecule has 2 aromatic heterocycles. The molecule has 0 saturated carbocycles. The molecule has 0 aliphatic carbocycles. The molecular formula is C15H11ClIN3S. The van der Waals surface area contributed by atoms with Gasteiger partial charge < -0.3 is 5.32 Å². The summed E-state index contributed by atoms with van der Waals surface area (Å²) in [6, 6.07) is 13.9. The molecule has 2 heterocycles. The van der Waals surface area contributed by atoms with E-state index in [-0.39, 0.29) is 0 Å². The Balaban J connectivity index is 2.20. The van der Waals surface area contributed by atoms with E-state index in [0.29, 0.717) is 5.82 Å². The van der Waals surface area contributed by atoms with Gasteiger partial charge in [0.05, 0.1) is 18.5 Å². The second kappa shape index (κ2) is 6.29. The second-order valence-electron chi connectivity index (χ2n) is 4.28. The van der Waals surface area contributed by atoms with Gasteiger partial charge in [0.15, 0.2) is 5.82 Å². The Hall–Kier alpha value is -1.18. The van der Waals surface area contributed by atoms with E-state index in [9.17, 15) is 0 Å². The maximum Gasteiger partial charge on any atom is 0.172 e. The molecule has 6 heteroatoms. The zero-order chi connectivity index (χ0) is 14.8. The first-order valence-electron chi connectivity index (χ1n) is 6.25. The number of aromatic nitrogens is 2. The summed E-state index contributed by atoms with van der Waals surface area (Å²) >= 11 is 9.77. The van der Waals surface area contributed by atoms with Crippen molar-refractivity contribution in [2.45, 2.75) is 0 Å². The van der Waals surface area contributed by atoms with Gasteiger partial charge in [0.2, 0.25) is 0 Å². The van der Waals surface area contributed by atoms with E-state index in [1.54, 1.807) is 0 Å². The number of benzene rings is 1. The summed E-state index contributed by atoms with van der Waals surface area (Å²) in [6.07, 6.45) is 0. The van der Waals surface area contributed by atoms with Crippen LogP contribution in [0.3, 0.4) is 0 Å². The molecule has 0 spiro atoms. The highest BCUT2D eigenvalue weighted by Gasteiger charge is 2.15. The molecule has 0 amide bonds. The van der Waals surface area contributed by atoms with Crippen LogP contribution in [0.1, 0.15) is 0 Å². The number of rotatable bonds is 3. The largest absolute Gasteiger partial charge is 0.372 e. The van der Waals surface area contributed by atoms with Gasteiger partial charge in [0.25, 0.3) is 0 Å². The summed E-state index contributed by atoms with van der Waals surface area (Å²) in [5, 5.41) is 3.14. The van der Waals surface area contributed by atoms with Crippen LogP contribution >= 0.6 is 45.5 Å². The highest BCUT2D eigenvalue weighted by atomic mass is 127. The lowest BCUT2D eigenvalue weighted by atomic mass is 10.1. The van der Waals surface area contributed by atoms with Crippen LogP contribution in [-0.4, -0.2) is 17.0 Å². The highest BCUT2D eigenvalue weighted by molar-refractivity contribution is 14.1. The summed E-state index contributed by atoms with van der Waals surface area (Å²) in [4.78, 5) is 10.3. The van der Waals surface area contributed by atoms with E-state index < -0.39 is 0 Å². The molecule has 0 aliphatic rings. The van der Waals surface area contributed by atoms with Crippen molar-refractivity contribution in [1.29, 1.82) is 0 Å². The molecule has 0 fully saturated rings. The monoisotopic (exact) mass is 427 g/mol. The van der Waals surface area contributed by atoms with Crippen molar-refractivity contribution in [3.8, 4) is 22.0 Å². The minimum atomic E-state index is 0.690. The molecule has 1 N–H and O–H groups in total. The molecule has 0 saturated heterocycles. The minimum absolute atomic E-state index is 0.690. The van der Waals surface area contributed by atoms with Crippen LogP contribution in [-0.2, 0) is 0 Å². The second-order valence-corrected chi connectivity index (χ2v) is 7.07. The molecule has 3 rings (SSSR count). The van der Waals surface area contributed by atoms with Gasteiger partial charge in [-0.3, -0.25) is 0 Å². The van der Waals surface area contributed by atoms with Crippen molar-refractivity contribution in [2.75, 3.05) is 12.4 Å². The first kappa shape index (κ1) is 14.7. The molecule has 3 aromatic rings. The van der Waals surface area contributed by atoms with Gasteiger partial charge in [-0.1, -0.05) is 41.9 Å². The molecule has 1 aromatic carbocycles. The summed E-state index contributed by atoms with van der Waals surface area (Å²) in [7, 11) is 1.87. The smallest absolute Gasteiger partial charge is 0.172 e. The van der Waals surface area contributed by atoms with Crippen molar-refractivity contribution in [3.05, 3.63) is 50.4 Å². The summed E-state index contributed by atoms with van der Waals surface area (Å²) in [5.74, 6) is 1.51. The average molecular weight is 428 g/mol. The van der Waals surface area contributed by atoms with Crippen LogP contribution in [0.25, 0.3) is 22.0 Å². The van der Waals surface area contributed by atoms with Gasteiger partial charge in [0.1, 0.15) is 5.82 Å². The SMILES string of the molecule is CNc1nc(-c2ccc(Cl)s2)nc(-c2ccccc2)c1I. The first-order chi connectivity index (χ1) is 10.2. The Morgan fingerprint density at radius 1 is 1.10 bits per heavy atom. The zero-order valence-corrected chi connectivity index (χ0v) is 14.8. The number of thiophene rings is 1. The molecule has 0 bridgehead atoms. The fraction of sp³-hybridized carbons (Fsp3) is 0.0667. The molecule has 0 unspecified atom stereocenters. The van der Waals surface area contributed by atoms with E-state index in [4.69, 9.17) is 16.6 Å². The van der Waals surface area contributed by atoms with Crippen molar-refractivity contribution < 1.29 is 0 Å². The molecule has 0 atom stereocenters. The van der Waals surface area contributed by atoms with E-state index in [1.807, 2.05) is 37.4 Å². The van der Waals surface area contributed by atoms with Gasteiger partial charge in [0, 0.05) is 12.6 Å². The third-order valence-corrected chi connectivity index (χ3v) is 5.18. The molecule has 3 nitrogen and oxygen atoms in total. The van der Waals surface area contributed by atoms with E-state index in [1.165, 1.54) is 11.3 Å². The van der Waals surface area contributed by atoms with Crippen LogP contribution < -0.4 is 5.32 Å². The van der Waals surface area contributed by atoms with Gasteiger partial charge >= 0.3 is 0 Å². The molecule has 21 heavy (non-hydrogen) atoms. The van der Waals surface area contributed by atoms with Crippen LogP contribution in [0.5, 0.6) is 0 Å². The van der Waals surface area contributed by atoms with Crippen molar-refractivity contribution in [3.63, 3.8) is 0 Å². The summed E-state index contributed by atoms with van der Waals surface area (Å²) in [6.45, 7) is 0. The van der Waals surface area contributed by atoms with Gasteiger partial charge in [-0.15, -0.1) is 11.3 Å². The average Bonchev–Trinajstić information content (AvgIpc) is 2.95. The number of halogens is 2. The zero-order valence-electron chi connectivity index (χ0n) is 11.1. The Morgan fingerprint density at radius 3 is 2.48 bits per heavy atom. The van der Waals surface area contributed by atoms with Crippen LogP contribution in [0, 0.1) is 3.57 Å². The van der Waals surface area contributed by atoms with E-state index >= 15 is 0 Å².